The molecule has 0 amide bonds. The van der Waals surface area contributed by atoms with Gasteiger partial charge in [0.2, 0.25) is 0 Å². The van der Waals surface area contributed by atoms with Crippen molar-refractivity contribution in [2.75, 3.05) is 33.4 Å². The van der Waals surface area contributed by atoms with Gasteiger partial charge in [0.1, 0.15) is 0 Å². The van der Waals surface area contributed by atoms with Crippen LogP contribution in [0.2, 0.25) is 5.02 Å². The van der Waals surface area contributed by atoms with Crippen LogP contribution >= 0.6 is 11.6 Å². The molecule has 1 saturated heterocycles. The summed E-state index contributed by atoms with van der Waals surface area (Å²) in [7, 11) is 1.60. The summed E-state index contributed by atoms with van der Waals surface area (Å²) in [4.78, 5) is 2.23. The average molecular weight is 300 g/mol. The Morgan fingerprint density at radius 2 is 2.35 bits per heavy atom. The Morgan fingerprint density at radius 3 is 3.05 bits per heavy atom. The Bertz CT molecular complexity index is 429. The molecule has 0 bridgehead atoms. The van der Waals surface area contributed by atoms with Gasteiger partial charge in [-0.2, -0.15) is 0 Å². The van der Waals surface area contributed by atoms with E-state index in [1.54, 1.807) is 7.11 Å². The summed E-state index contributed by atoms with van der Waals surface area (Å²) in [6, 6.07) is 8.04. The number of ether oxygens (including phenoxy) is 2. The van der Waals surface area contributed by atoms with Gasteiger partial charge in [-0.3, -0.25) is 4.90 Å². The maximum absolute atomic E-state index is 9.89. The van der Waals surface area contributed by atoms with Gasteiger partial charge in [0, 0.05) is 31.3 Å². The van der Waals surface area contributed by atoms with E-state index in [1.807, 2.05) is 24.3 Å². The van der Waals surface area contributed by atoms with E-state index in [-0.39, 0.29) is 12.1 Å². The minimum absolute atomic E-state index is 0.000329. The molecule has 0 spiro atoms. The largest absolute Gasteiger partial charge is 0.389 e. The average Bonchev–Trinajstić information content (AvgIpc) is 2.41. The minimum atomic E-state index is -0.472. The number of benzene rings is 1. The first-order chi connectivity index (χ1) is 9.60. The third-order valence-electron chi connectivity index (χ3n) is 3.59. The molecule has 112 valence electrons. The standard InChI is InChI=1S/C15H22ClNO3/c1-11-9-20-15(12-4-3-5-13(16)6-12)8-17(11)7-14(18)10-19-2/h3-6,11,14-15,18H,7-10H2,1-2H3/t11-,14+,15-/m0/s1. The van der Waals surface area contributed by atoms with Crippen LogP contribution < -0.4 is 0 Å². The molecule has 0 aromatic heterocycles. The summed E-state index contributed by atoms with van der Waals surface area (Å²) in [5.41, 5.74) is 1.08. The summed E-state index contributed by atoms with van der Waals surface area (Å²) in [5, 5.41) is 10.6. The lowest BCUT2D eigenvalue weighted by Gasteiger charge is -2.39. The second-order valence-corrected chi connectivity index (χ2v) is 5.73. The molecular weight excluding hydrogens is 278 g/mol. The van der Waals surface area contributed by atoms with Crippen molar-refractivity contribution in [2.24, 2.45) is 0 Å². The minimum Gasteiger partial charge on any atom is -0.389 e. The quantitative estimate of drug-likeness (QED) is 0.904. The zero-order valence-electron chi connectivity index (χ0n) is 12.0. The predicted octanol–water partition coefficient (Wildman–Crippen LogP) is 2.11. The summed E-state index contributed by atoms with van der Waals surface area (Å²) in [6.45, 7) is 4.45. The number of aliphatic hydroxyl groups is 1. The number of rotatable bonds is 5. The summed E-state index contributed by atoms with van der Waals surface area (Å²) in [6.07, 6.45) is -0.472. The fourth-order valence-corrected chi connectivity index (χ4v) is 2.68. The van der Waals surface area contributed by atoms with E-state index in [1.165, 1.54) is 0 Å². The van der Waals surface area contributed by atoms with Crippen LogP contribution in [0.25, 0.3) is 0 Å². The van der Waals surface area contributed by atoms with E-state index in [0.29, 0.717) is 19.8 Å². The van der Waals surface area contributed by atoms with E-state index in [0.717, 1.165) is 17.1 Å². The first-order valence-corrected chi connectivity index (χ1v) is 7.26. The smallest absolute Gasteiger partial charge is 0.0953 e. The van der Waals surface area contributed by atoms with Gasteiger partial charge in [0.15, 0.2) is 0 Å². The molecule has 2 rings (SSSR count). The molecule has 20 heavy (non-hydrogen) atoms. The molecule has 1 N–H and O–H groups in total. The number of nitrogens with zero attached hydrogens (tertiary/aromatic N) is 1. The fourth-order valence-electron chi connectivity index (χ4n) is 2.49. The van der Waals surface area contributed by atoms with E-state index in [4.69, 9.17) is 21.1 Å². The van der Waals surface area contributed by atoms with Gasteiger partial charge < -0.3 is 14.6 Å². The van der Waals surface area contributed by atoms with Crippen molar-refractivity contribution >= 4 is 11.6 Å². The van der Waals surface area contributed by atoms with E-state index in [2.05, 4.69) is 11.8 Å². The summed E-state index contributed by atoms with van der Waals surface area (Å²) in [5.74, 6) is 0. The first-order valence-electron chi connectivity index (χ1n) is 6.88. The molecule has 1 aromatic carbocycles. The topological polar surface area (TPSA) is 41.9 Å². The van der Waals surface area contributed by atoms with Crippen molar-refractivity contribution in [1.29, 1.82) is 0 Å². The molecular formula is C15H22ClNO3. The molecule has 3 atom stereocenters. The van der Waals surface area contributed by atoms with Gasteiger partial charge in [-0.1, -0.05) is 23.7 Å². The Balaban J connectivity index is 2.00. The van der Waals surface area contributed by atoms with Gasteiger partial charge >= 0.3 is 0 Å². The third-order valence-corrected chi connectivity index (χ3v) is 3.82. The number of hydrogen-bond acceptors (Lipinski definition) is 4. The number of aliphatic hydroxyl groups excluding tert-OH is 1. The fraction of sp³-hybridized carbons (Fsp3) is 0.600. The van der Waals surface area contributed by atoms with Gasteiger partial charge in [-0.15, -0.1) is 0 Å². The normalized spacial score (nSPS) is 25.6. The molecule has 1 aromatic rings. The van der Waals surface area contributed by atoms with Crippen molar-refractivity contribution in [3.05, 3.63) is 34.9 Å². The van der Waals surface area contributed by atoms with Crippen molar-refractivity contribution in [3.8, 4) is 0 Å². The molecule has 0 aliphatic carbocycles. The van der Waals surface area contributed by atoms with Crippen LogP contribution in [0.3, 0.4) is 0 Å². The third kappa shape index (κ3) is 4.17. The first kappa shape index (κ1) is 15.7. The maximum Gasteiger partial charge on any atom is 0.0953 e. The van der Waals surface area contributed by atoms with Crippen molar-refractivity contribution < 1.29 is 14.6 Å². The molecule has 4 nitrogen and oxygen atoms in total. The van der Waals surface area contributed by atoms with Crippen molar-refractivity contribution in [1.82, 2.24) is 4.90 Å². The zero-order valence-corrected chi connectivity index (χ0v) is 12.7. The highest BCUT2D eigenvalue weighted by Crippen LogP contribution is 2.26. The van der Waals surface area contributed by atoms with Crippen LogP contribution in [0.4, 0.5) is 0 Å². The van der Waals surface area contributed by atoms with Gasteiger partial charge in [-0.05, 0) is 24.6 Å². The Hall–Kier alpha value is -0.650. The molecule has 0 saturated carbocycles. The SMILES string of the molecule is COC[C@H](O)CN1C[C@@H](c2cccc(Cl)c2)OC[C@@H]1C. The molecule has 1 aliphatic rings. The number of morpholine rings is 1. The van der Waals surface area contributed by atoms with Gasteiger partial charge in [0.05, 0.1) is 25.4 Å². The lowest BCUT2D eigenvalue weighted by Crippen LogP contribution is -2.48. The summed E-state index contributed by atoms with van der Waals surface area (Å²) >= 11 is 6.03. The molecule has 1 aliphatic heterocycles. The van der Waals surface area contributed by atoms with E-state index in [9.17, 15) is 5.11 Å². The highest BCUT2D eigenvalue weighted by atomic mass is 35.5. The van der Waals surface area contributed by atoms with Crippen molar-refractivity contribution in [2.45, 2.75) is 25.2 Å². The van der Waals surface area contributed by atoms with Crippen LogP contribution in [0.1, 0.15) is 18.6 Å². The van der Waals surface area contributed by atoms with Crippen LogP contribution in [0, 0.1) is 0 Å². The second kappa shape index (κ2) is 7.38. The van der Waals surface area contributed by atoms with Crippen LogP contribution in [-0.4, -0.2) is 55.6 Å². The molecule has 5 heteroatoms. The Kier molecular flexibility index (Phi) is 5.81. The monoisotopic (exact) mass is 299 g/mol. The lowest BCUT2D eigenvalue weighted by atomic mass is 10.1. The summed E-state index contributed by atoms with van der Waals surface area (Å²) < 4.78 is 10.9. The molecule has 1 heterocycles. The highest BCUT2D eigenvalue weighted by Gasteiger charge is 2.28. The van der Waals surface area contributed by atoms with Gasteiger partial charge in [0.25, 0.3) is 0 Å². The van der Waals surface area contributed by atoms with Crippen LogP contribution in [-0.2, 0) is 9.47 Å². The molecule has 1 fully saturated rings. The van der Waals surface area contributed by atoms with Crippen molar-refractivity contribution in [3.63, 3.8) is 0 Å². The molecule has 0 unspecified atom stereocenters. The second-order valence-electron chi connectivity index (χ2n) is 5.29. The van der Waals surface area contributed by atoms with Crippen LogP contribution in [0.5, 0.6) is 0 Å². The van der Waals surface area contributed by atoms with E-state index < -0.39 is 6.10 Å². The Morgan fingerprint density at radius 1 is 1.55 bits per heavy atom. The van der Waals surface area contributed by atoms with Crippen LogP contribution in [0.15, 0.2) is 24.3 Å². The number of halogens is 1. The lowest BCUT2D eigenvalue weighted by molar-refractivity contribution is -0.0767. The predicted molar refractivity (Wildman–Crippen MR) is 79.1 cm³/mol. The van der Waals surface area contributed by atoms with Gasteiger partial charge in [-0.25, -0.2) is 0 Å². The number of β-amino-alcohol motifs (C(OH)–C–C–N with tert-alkyl or cyclic N) is 1. The maximum atomic E-state index is 9.89. The number of methoxy groups -OCH3 is 1. The molecule has 0 radical (unpaired) electrons. The highest BCUT2D eigenvalue weighted by molar-refractivity contribution is 6.30. The Labute approximate surface area is 125 Å². The van der Waals surface area contributed by atoms with E-state index >= 15 is 0 Å². The number of hydrogen-bond donors (Lipinski definition) is 1. The zero-order chi connectivity index (χ0) is 14.5.